The maximum absolute atomic E-state index is 13.6. The van der Waals surface area contributed by atoms with Gasteiger partial charge in [-0.1, -0.05) is 29.8 Å². The van der Waals surface area contributed by atoms with Crippen molar-refractivity contribution in [2.45, 2.75) is 63.4 Å². The average molecular weight is 642 g/mol. The third-order valence-electron chi connectivity index (χ3n) is 9.84. The predicted octanol–water partition coefficient (Wildman–Crippen LogP) is 4.32. The highest BCUT2D eigenvalue weighted by atomic mass is 35.5. The molecular weight excluding hydrogens is 602 g/mol. The highest BCUT2D eigenvalue weighted by Gasteiger charge is 2.43. The number of carbonyl (C=O) groups excluding carboxylic acids is 2. The molecule has 4 aliphatic rings. The van der Waals surface area contributed by atoms with Crippen molar-refractivity contribution in [1.29, 1.82) is 0 Å². The first-order valence-corrected chi connectivity index (χ1v) is 17.5. The van der Waals surface area contributed by atoms with E-state index in [1.54, 1.807) is 24.3 Å². The number of hydrogen-bond acceptors (Lipinski definition) is 7. The quantitative estimate of drug-likeness (QED) is 0.412. The minimum atomic E-state index is -4.12. The Morgan fingerprint density at radius 3 is 2.66 bits per heavy atom. The molecule has 5 atom stereocenters. The molecule has 0 radical (unpaired) electrons. The molecule has 0 unspecified atom stereocenters. The molecule has 2 amide bonds. The van der Waals surface area contributed by atoms with Crippen LogP contribution in [0.4, 0.5) is 5.69 Å². The predicted molar refractivity (Wildman–Crippen MR) is 169 cm³/mol. The number of carbonyl (C=O) groups is 2. The molecule has 1 saturated heterocycles. The van der Waals surface area contributed by atoms with Gasteiger partial charge in [0, 0.05) is 49.6 Å². The summed E-state index contributed by atoms with van der Waals surface area (Å²) < 4.78 is 35.9. The number of hydrogen-bond donors (Lipinski definition) is 2. The molecule has 2 bridgehead atoms. The third-order valence-corrected chi connectivity index (χ3v) is 11.9. The molecule has 236 valence electrons. The van der Waals surface area contributed by atoms with Crippen LogP contribution in [0.25, 0.3) is 0 Å². The van der Waals surface area contributed by atoms with Gasteiger partial charge < -0.3 is 19.6 Å². The summed E-state index contributed by atoms with van der Waals surface area (Å²) in [5, 5.41) is 10.9. The molecule has 11 heteroatoms. The highest BCUT2D eigenvalue weighted by molar-refractivity contribution is 7.90. The molecule has 6 rings (SSSR count). The molecule has 2 N–H and O–H groups in total. The number of sulfonamides is 1. The average Bonchev–Trinajstić information content (AvgIpc) is 3.39. The normalized spacial score (nSPS) is 29.4. The smallest absolute Gasteiger partial charge is 0.264 e. The van der Waals surface area contributed by atoms with E-state index in [1.165, 1.54) is 11.8 Å². The van der Waals surface area contributed by atoms with Gasteiger partial charge in [0.1, 0.15) is 17.6 Å². The summed E-state index contributed by atoms with van der Waals surface area (Å²) in [4.78, 5) is 29.4. The molecule has 2 aromatic rings. The van der Waals surface area contributed by atoms with Crippen LogP contribution in [-0.2, 0) is 27.8 Å². The van der Waals surface area contributed by atoms with Crippen molar-refractivity contribution >= 4 is 39.1 Å². The van der Waals surface area contributed by atoms with Crippen LogP contribution in [0.3, 0.4) is 0 Å². The van der Waals surface area contributed by atoms with Gasteiger partial charge in [0.15, 0.2) is 0 Å². The SMILES string of the molecule is CC(=O)N1C[C@@H]2C/C=C/[C@H](O)[C@@H]3CC[C@H]3CN3CCCCc4cc(Cl)ccc4COc4ccc(cc43)C(=O)NS(=O)(=O)[C@H]2C1. The van der Waals surface area contributed by atoms with Gasteiger partial charge in [0.25, 0.3) is 5.91 Å². The first-order valence-electron chi connectivity index (χ1n) is 15.5. The molecule has 44 heavy (non-hydrogen) atoms. The summed E-state index contributed by atoms with van der Waals surface area (Å²) in [6.45, 7) is 3.45. The van der Waals surface area contributed by atoms with E-state index in [0.717, 1.165) is 55.5 Å². The minimum absolute atomic E-state index is 0.0161. The van der Waals surface area contributed by atoms with E-state index < -0.39 is 33.2 Å². The first kappa shape index (κ1) is 30.9. The molecule has 0 aromatic heterocycles. The maximum atomic E-state index is 13.6. The zero-order valence-corrected chi connectivity index (χ0v) is 26.5. The van der Waals surface area contributed by atoms with Gasteiger partial charge in [0.2, 0.25) is 15.9 Å². The Hall–Kier alpha value is -3.08. The second-order valence-electron chi connectivity index (χ2n) is 12.6. The maximum Gasteiger partial charge on any atom is 0.264 e. The van der Waals surface area contributed by atoms with Gasteiger partial charge in [0.05, 0.1) is 11.8 Å². The van der Waals surface area contributed by atoms with E-state index in [2.05, 4.69) is 9.62 Å². The number of ether oxygens (including phenoxy) is 1. The number of aryl methyl sites for hydroxylation is 1. The molecule has 1 saturated carbocycles. The van der Waals surface area contributed by atoms with Crippen molar-refractivity contribution in [2.24, 2.45) is 17.8 Å². The minimum Gasteiger partial charge on any atom is -0.487 e. The highest BCUT2D eigenvalue weighted by Crippen LogP contribution is 2.41. The summed E-state index contributed by atoms with van der Waals surface area (Å²) >= 11 is 6.31. The lowest BCUT2D eigenvalue weighted by Crippen LogP contribution is -2.44. The summed E-state index contributed by atoms with van der Waals surface area (Å²) in [6.07, 6.45) is 7.96. The number of fused-ring (bicyclic) bond motifs is 4. The standard InChI is InChI=1S/C33H40ClN3O6S/c1-21(38)37-18-25-6-4-7-30(39)28-12-9-24(28)17-36-14-3-2-5-22-15-27(34)11-8-26(22)20-43-31-13-10-23(16-29(31)36)33(40)35-44(41,42)32(25)19-37/h4,7-8,10-11,13,15-16,24-25,28,30,32,39H,2-3,5-6,9,12,14,17-20H2,1H3,(H,35,40)/b7-4+/t24-,25-,28+,30-,32-/m0/s1. The number of allylic oxidation sites excluding steroid dienone is 1. The van der Waals surface area contributed by atoms with Gasteiger partial charge in [-0.2, -0.15) is 0 Å². The molecule has 2 fully saturated rings. The van der Waals surface area contributed by atoms with Crippen LogP contribution in [0, 0.1) is 17.8 Å². The summed E-state index contributed by atoms with van der Waals surface area (Å²) in [7, 11) is -4.12. The molecule has 0 spiro atoms. The largest absolute Gasteiger partial charge is 0.487 e. The molecular formula is C33H40ClN3O6S. The lowest BCUT2D eigenvalue weighted by molar-refractivity contribution is -0.127. The van der Waals surface area contributed by atoms with E-state index in [-0.39, 0.29) is 36.4 Å². The summed E-state index contributed by atoms with van der Waals surface area (Å²) in [6, 6.07) is 10.9. The number of aliphatic hydroxyl groups excluding tert-OH is 1. The van der Waals surface area contributed by atoms with Crippen LogP contribution in [0.5, 0.6) is 5.75 Å². The van der Waals surface area contributed by atoms with E-state index in [1.807, 2.05) is 24.3 Å². The lowest BCUT2D eigenvalue weighted by Gasteiger charge is -2.42. The van der Waals surface area contributed by atoms with E-state index >= 15 is 0 Å². The third kappa shape index (κ3) is 6.48. The molecule has 3 heterocycles. The zero-order chi connectivity index (χ0) is 31.0. The zero-order valence-electron chi connectivity index (χ0n) is 25.0. The Kier molecular flexibility index (Phi) is 8.95. The Morgan fingerprint density at radius 2 is 1.89 bits per heavy atom. The fourth-order valence-electron chi connectivity index (χ4n) is 7.11. The molecule has 2 aromatic carbocycles. The van der Waals surface area contributed by atoms with Crippen LogP contribution in [-0.4, -0.2) is 67.8 Å². The van der Waals surface area contributed by atoms with Crippen molar-refractivity contribution in [3.63, 3.8) is 0 Å². The van der Waals surface area contributed by atoms with Gasteiger partial charge in [-0.05, 0) is 91.8 Å². The first-order chi connectivity index (χ1) is 21.1. The van der Waals surface area contributed by atoms with Crippen molar-refractivity contribution in [1.82, 2.24) is 9.62 Å². The Labute approximate surface area is 264 Å². The van der Waals surface area contributed by atoms with Crippen molar-refractivity contribution in [2.75, 3.05) is 31.1 Å². The topological polar surface area (TPSA) is 116 Å². The van der Waals surface area contributed by atoms with Crippen molar-refractivity contribution in [3.05, 3.63) is 70.3 Å². The monoisotopic (exact) mass is 641 g/mol. The van der Waals surface area contributed by atoms with Gasteiger partial charge in [-0.15, -0.1) is 0 Å². The second-order valence-corrected chi connectivity index (χ2v) is 15.0. The second kappa shape index (κ2) is 12.7. The van der Waals surface area contributed by atoms with Crippen LogP contribution < -0.4 is 14.4 Å². The molecule has 1 aliphatic carbocycles. The number of nitrogens with zero attached hydrogens (tertiary/aromatic N) is 2. The van der Waals surface area contributed by atoms with Crippen molar-refractivity contribution < 1.29 is 27.9 Å². The van der Waals surface area contributed by atoms with Crippen LogP contribution in [0.2, 0.25) is 5.02 Å². The van der Waals surface area contributed by atoms with Gasteiger partial charge in [-0.25, -0.2) is 13.1 Å². The number of nitrogens with one attached hydrogen (secondary N) is 1. The number of aliphatic hydroxyl groups is 1. The van der Waals surface area contributed by atoms with E-state index in [4.69, 9.17) is 16.3 Å². The van der Waals surface area contributed by atoms with Gasteiger partial charge >= 0.3 is 0 Å². The van der Waals surface area contributed by atoms with Crippen LogP contribution >= 0.6 is 11.6 Å². The number of amides is 2. The fraction of sp³-hybridized carbons (Fsp3) is 0.515. The summed E-state index contributed by atoms with van der Waals surface area (Å²) in [5.41, 5.74) is 3.16. The molecule has 3 aliphatic heterocycles. The van der Waals surface area contributed by atoms with E-state index in [0.29, 0.717) is 30.3 Å². The van der Waals surface area contributed by atoms with Gasteiger partial charge in [-0.3, -0.25) is 9.59 Å². The summed E-state index contributed by atoms with van der Waals surface area (Å²) in [5.74, 6) is -0.370. The van der Waals surface area contributed by atoms with Crippen LogP contribution in [0.15, 0.2) is 48.6 Å². The Bertz CT molecular complexity index is 1560. The Balaban J connectivity index is 1.38. The lowest BCUT2D eigenvalue weighted by atomic mass is 9.70. The number of anilines is 1. The number of halogens is 1. The van der Waals surface area contributed by atoms with Crippen LogP contribution in [0.1, 0.15) is 60.5 Å². The fourth-order valence-corrected chi connectivity index (χ4v) is 8.91. The Morgan fingerprint density at radius 1 is 1.05 bits per heavy atom. The van der Waals surface area contributed by atoms with E-state index in [9.17, 15) is 23.1 Å². The number of benzene rings is 2. The molecule has 9 nitrogen and oxygen atoms in total. The van der Waals surface area contributed by atoms with Crippen molar-refractivity contribution in [3.8, 4) is 5.75 Å². The number of likely N-dealkylation sites (tertiary alicyclic amines) is 1. The number of rotatable bonds is 0.